The van der Waals surface area contributed by atoms with Crippen LogP contribution in [0.3, 0.4) is 0 Å². The summed E-state index contributed by atoms with van der Waals surface area (Å²) in [4.78, 5) is 24.7. The first-order chi connectivity index (χ1) is 7.66. The van der Waals surface area contributed by atoms with Crippen molar-refractivity contribution in [3.63, 3.8) is 0 Å². The summed E-state index contributed by atoms with van der Waals surface area (Å²) in [6.45, 7) is 0.704. The van der Waals surface area contributed by atoms with E-state index in [4.69, 9.17) is 5.73 Å². The molecule has 2 amide bonds. The molecule has 0 heterocycles. The molecule has 92 valence electrons. The minimum Gasteiger partial charge on any atom is -0.347 e. The normalized spacial score (nSPS) is 16.9. The molecular weight excluding hydrogens is 206 g/mol. The first-order valence-electron chi connectivity index (χ1n) is 5.92. The minimum atomic E-state index is -0.543. The van der Waals surface area contributed by atoms with E-state index in [0.29, 0.717) is 13.1 Å². The summed E-state index contributed by atoms with van der Waals surface area (Å²) in [5.74, 6) is -0.987. The van der Waals surface area contributed by atoms with Gasteiger partial charge in [0.2, 0.25) is 0 Å². The topological polar surface area (TPSA) is 75.4 Å². The van der Waals surface area contributed by atoms with Gasteiger partial charge in [0, 0.05) is 26.2 Å². The summed E-state index contributed by atoms with van der Waals surface area (Å²) in [6.07, 6.45) is 5.54. The van der Waals surface area contributed by atoms with Gasteiger partial charge in [0.15, 0.2) is 0 Å². The van der Waals surface area contributed by atoms with Gasteiger partial charge in [-0.1, -0.05) is 19.3 Å². The molecule has 1 saturated carbocycles. The van der Waals surface area contributed by atoms with Gasteiger partial charge in [0.1, 0.15) is 0 Å². The lowest BCUT2D eigenvalue weighted by atomic mass is 9.94. The first kappa shape index (κ1) is 13.0. The number of rotatable bonds is 3. The molecule has 5 nitrogen and oxygen atoms in total. The Morgan fingerprint density at radius 3 is 2.50 bits per heavy atom. The zero-order chi connectivity index (χ0) is 12.0. The predicted molar refractivity (Wildman–Crippen MR) is 61.7 cm³/mol. The summed E-state index contributed by atoms with van der Waals surface area (Å²) < 4.78 is 0. The second kappa shape index (κ2) is 6.48. The van der Waals surface area contributed by atoms with Crippen molar-refractivity contribution in [1.29, 1.82) is 0 Å². The maximum atomic E-state index is 11.7. The van der Waals surface area contributed by atoms with Crippen molar-refractivity contribution in [3.05, 3.63) is 0 Å². The molecule has 3 N–H and O–H groups in total. The van der Waals surface area contributed by atoms with Gasteiger partial charge < -0.3 is 16.0 Å². The van der Waals surface area contributed by atoms with Crippen LogP contribution in [0.2, 0.25) is 0 Å². The number of hydrogen-bond acceptors (Lipinski definition) is 3. The van der Waals surface area contributed by atoms with Gasteiger partial charge in [-0.25, -0.2) is 0 Å². The number of amides is 2. The van der Waals surface area contributed by atoms with Crippen LogP contribution in [0.15, 0.2) is 0 Å². The monoisotopic (exact) mass is 227 g/mol. The lowest BCUT2D eigenvalue weighted by Crippen LogP contribution is -2.47. The quantitative estimate of drug-likeness (QED) is 0.658. The third-order valence-corrected chi connectivity index (χ3v) is 3.07. The molecule has 0 radical (unpaired) electrons. The lowest BCUT2D eigenvalue weighted by molar-refractivity contribution is -0.146. The maximum Gasteiger partial charge on any atom is 0.311 e. The zero-order valence-corrected chi connectivity index (χ0v) is 9.87. The molecule has 0 aromatic rings. The molecular formula is C11H21N3O2. The van der Waals surface area contributed by atoms with E-state index in [-0.39, 0.29) is 6.04 Å². The fraction of sp³-hybridized carbons (Fsp3) is 0.818. The summed E-state index contributed by atoms with van der Waals surface area (Å²) in [6, 6.07) is 0.227. The van der Waals surface area contributed by atoms with E-state index in [2.05, 4.69) is 5.32 Å². The van der Waals surface area contributed by atoms with Crippen LogP contribution in [0.4, 0.5) is 0 Å². The second-order valence-electron chi connectivity index (χ2n) is 4.25. The van der Waals surface area contributed by atoms with Crippen molar-refractivity contribution in [2.24, 2.45) is 5.73 Å². The van der Waals surface area contributed by atoms with Crippen LogP contribution >= 0.6 is 0 Å². The predicted octanol–water partition coefficient (Wildman–Crippen LogP) is -0.148. The molecule has 1 aliphatic carbocycles. The number of hydrogen-bond donors (Lipinski definition) is 2. The molecule has 0 aromatic heterocycles. The third-order valence-electron chi connectivity index (χ3n) is 3.07. The van der Waals surface area contributed by atoms with Crippen molar-refractivity contribution in [2.75, 3.05) is 20.1 Å². The van der Waals surface area contributed by atoms with E-state index in [9.17, 15) is 9.59 Å². The smallest absolute Gasteiger partial charge is 0.311 e. The molecule has 5 heteroatoms. The Labute approximate surface area is 96.4 Å². The Bertz CT molecular complexity index is 250. The van der Waals surface area contributed by atoms with Crippen molar-refractivity contribution >= 4 is 11.8 Å². The van der Waals surface area contributed by atoms with E-state index < -0.39 is 11.8 Å². The summed E-state index contributed by atoms with van der Waals surface area (Å²) in [5, 5.41) is 2.50. The summed E-state index contributed by atoms with van der Waals surface area (Å²) in [5.41, 5.74) is 5.26. The number of likely N-dealkylation sites (N-methyl/N-ethyl adjacent to an activating group) is 1. The zero-order valence-electron chi connectivity index (χ0n) is 9.87. The highest BCUT2D eigenvalue weighted by Crippen LogP contribution is 2.21. The van der Waals surface area contributed by atoms with Crippen molar-refractivity contribution in [2.45, 2.75) is 38.1 Å². The van der Waals surface area contributed by atoms with Gasteiger partial charge in [-0.05, 0) is 12.8 Å². The second-order valence-corrected chi connectivity index (χ2v) is 4.25. The standard InChI is InChI=1S/C11H21N3O2/c1-14(9-5-3-2-4-6-9)11(16)10(15)13-8-7-12/h9H,2-8,12H2,1H3,(H,13,15). The largest absolute Gasteiger partial charge is 0.347 e. The third kappa shape index (κ3) is 3.48. The lowest BCUT2D eigenvalue weighted by Gasteiger charge is -2.30. The van der Waals surface area contributed by atoms with Crippen molar-refractivity contribution < 1.29 is 9.59 Å². The molecule has 0 saturated heterocycles. The van der Waals surface area contributed by atoms with Crippen LogP contribution in [0.1, 0.15) is 32.1 Å². The van der Waals surface area contributed by atoms with Crippen LogP contribution in [0.25, 0.3) is 0 Å². The number of nitrogens with two attached hydrogens (primary N) is 1. The fourth-order valence-corrected chi connectivity index (χ4v) is 2.06. The van der Waals surface area contributed by atoms with Crippen LogP contribution in [-0.4, -0.2) is 42.9 Å². The van der Waals surface area contributed by atoms with Gasteiger partial charge in [-0.2, -0.15) is 0 Å². The Kier molecular flexibility index (Phi) is 5.25. The SMILES string of the molecule is CN(C(=O)C(=O)NCCN)C1CCCCC1. The highest BCUT2D eigenvalue weighted by atomic mass is 16.2. The Hall–Kier alpha value is -1.10. The van der Waals surface area contributed by atoms with Crippen molar-refractivity contribution in [1.82, 2.24) is 10.2 Å². The van der Waals surface area contributed by atoms with Crippen LogP contribution in [0, 0.1) is 0 Å². The maximum absolute atomic E-state index is 11.7. The summed E-state index contributed by atoms with van der Waals surface area (Å²) in [7, 11) is 1.71. The highest BCUT2D eigenvalue weighted by Gasteiger charge is 2.26. The van der Waals surface area contributed by atoms with Gasteiger partial charge in [-0.15, -0.1) is 0 Å². The molecule has 0 atom stereocenters. The summed E-state index contributed by atoms with van der Waals surface area (Å²) >= 11 is 0. The molecule has 0 aromatic carbocycles. The molecule has 16 heavy (non-hydrogen) atoms. The average Bonchev–Trinajstić information content (AvgIpc) is 2.35. The molecule has 0 unspecified atom stereocenters. The number of nitrogens with zero attached hydrogens (tertiary/aromatic N) is 1. The Morgan fingerprint density at radius 1 is 1.31 bits per heavy atom. The van der Waals surface area contributed by atoms with E-state index in [1.807, 2.05) is 0 Å². The van der Waals surface area contributed by atoms with E-state index in [1.54, 1.807) is 11.9 Å². The molecule has 1 aliphatic rings. The molecule has 0 bridgehead atoms. The first-order valence-corrected chi connectivity index (χ1v) is 5.92. The van der Waals surface area contributed by atoms with Gasteiger partial charge in [0.25, 0.3) is 0 Å². The molecule has 1 fully saturated rings. The average molecular weight is 227 g/mol. The number of carbonyl (C=O) groups is 2. The Balaban J connectivity index is 2.42. The number of nitrogens with one attached hydrogen (secondary N) is 1. The van der Waals surface area contributed by atoms with Crippen LogP contribution in [-0.2, 0) is 9.59 Å². The molecule has 0 aliphatic heterocycles. The van der Waals surface area contributed by atoms with Gasteiger partial charge in [-0.3, -0.25) is 9.59 Å². The van der Waals surface area contributed by atoms with Gasteiger partial charge >= 0.3 is 11.8 Å². The minimum absolute atomic E-state index is 0.227. The van der Waals surface area contributed by atoms with Crippen LogP contribution in [0.5, 0.6) is 0 Å². The van der Waals surface area contributed by atoms with E-state index in [0.717, 1.165) is 25.7 Å². The van der Waals surface area contributed by atoms with Gasteiger partial charge in [0.05, 0.1) is 0 Å². The fourth-order valence-electron chi connectivity index (χ4n) is 2.06. The van der Waals surface area contributed by atoms with E-state index in [1.165, 1.54) is 6.42 Å². The Morgan fingerprint density at radius 2 is 1.94 bits per heavy atom. The highest BCUT2D eigenvalue weighted by molar-refractivity contribution is 6.35. The van der Waals surface area contributed by atoms with Crippen LogP contribution < -0.4 is 11.1 Å². The molecule has 0 spiro atoms. The van der Waals surface area contributed by atoms with Crippen molar-refractivity contribution in [3.8, 4) is 0 Å². The van der Waals surface area contributed by atoms with E-state index >= 15 is 0 Å². The number of carbonyl (C=O) groups excluding carboxylic acids is 2. The molecule has 1 rings (SSSR count).